The average Bonchev–Trinajstić information content (AvgIpc) is 2.43. The molecule has 4 nitrogen and oxygen atoms in total. The summed E-state index contributed by atoms with van der Waals surface area (Å²) >= 11 is 1.52. The lowest BCUT2D eigenvalue weighted by Gasteiger charge is -2.42. The van der Waals surface area contributed by atoms with Gasteiger partial charge < -0.3 is 14.9 Å². The van der Waals surface area contributed by atoms with E-state index in [-0.39, 0.29) is 23.9 Å². The van der Waals surface area contributed by atoms with Crippen molar-refractivity contribution in [1.82, 2.24) is 0 Å². The fourth-order valence-electron chi connectivity index (χ4n) is 2.73. The number of aliphatic hydroxyl groups is 1. The zero-order valence-electron chi connectivity index (χ0n) is 11.6. The van der Waals surface area contributed by atoms with Crippen molar-refractivity contribution in [3.8, 4) is 0 Å². The van der Waals surface area contributed by atoms with E-state index >= 15 is 0 Å². The number of aliphatic hydroxyl groups excluding tert-OH is 1. The molecule has 2 N–H and O–H groups in total. The normalized spacial score (nSPS) is 33.9. The minimum atomic E-state index is -0.814. The molecule has 1 aromatic carbocycles. The lowest BCUT2D eigenvalue weighted by Crippen LogP contribution is -2.48. The Morgan fingerprint density at radius 2 is 1.90 bits per heavy atom. The van der Waals surface area contributed by atoms with Crippen molar-refractivity contribution < 1.29 is 19.7 Å². The number of carboxylic acids is 1. The van der Waals surface area contributed by atoms with E-state index in [0.29, 0.717) is 0 Å². The standard InChI is InChI=1S/C15H20O4S/c1-9-12(8-16)19-15(10(2)13(9)14(17)18)20-11-6-4-3-5-7-11/h3-7,9-10,12-13,15-16H,8H2,1-2H3,(H,17,18). The number of thioether (sulfide) groups is 1. The monoisotopic (exact) mass is 296 g/mol. The highest BCUT2D eigenvalue weighted by Crippen LogP contribution is 2.42. The van der Waals surface area contributed by atoms with Gasteiger partial charge in [-0.15, -0.1) is 0 Å². The number of hydrogen-bond donors (Lipinski definition) is 2. The topological polar surface area (TPSA) is 66.8 Å². The summed E-state index contributed by atoms with van der Waals surface area (Å²) in [6, 6.07) is 9.77. The Balaban J connectivity index is 2.17. The summed E-state index contributed by atoms with van der Waals surface area (Å²) in [7, 11) is 0. The van der Waals surface area contributed by atoms with E-state index in [2.05, 4.69) is 0 Å². The molecule has 0 amide bonds. The van der Waals surface area contributed by atoms with Gasteiger partial charge in [-0.05, 0) is 18.1 Å². The summed E-state index contributed by atoms with van der Waals surface area (Å²) in [6.07, 6.45) is -0.423. The molecule has 5 heteroatoms. The molecule has 5 atom stereocenters. The van der Waals surface area contributed by atoms with E-state index in [1.165, 1.54) is 11.8 Å². The van der Waals surface area contributed by atoms with Crippen LogP contribution in [0.1, 0.15) is 13.8 Å². The lowest BCUT2D eigenvalue weighted by atomic mass is 9.78. The maximum absolute atomic E-state index is 11.5. The number of ether oxygens (including phenoxy) is 1. The van der Waals surface area contributed by atoms with Crippen molar-refractivity contribution in [2.24, 2.45) is 17.8 Å². The van der Waals surface area contributed by atoms with Gasteiger partial charge in [0.05, 0.1) is 18.6 Å². The van der Waals surface area contributed by atoms with Gasteiger partial charge >= 0.3 is 5.97 Å². The molecule has 2 rings (SSSR count). The molecule has 1 heterocycles. The van der Waals surface area contributed by atoms with Crippen LogP contribution in [0.4, 0.5) is 0 Å². The summed E-state index contributed by atoms with van der Waals surface area (Å²) in [6.45, 7) is 3.59. The molecule has 1 saturated heterocycles. The minimum absolute atomic E-state index is 0.115. The van der Waals surface area contributed by atoms with E-state index in [4.69, 9.17) is 4.74 Å². The Labute approximate surface area is 123 Å². The van der Waals surface area contributed by atoms with Crippen LogP contribution in [-0.2, 0) is 9.53 Å². The fourth-order valence-corrected chi connectivity index (χ4v) is 3.89. The van der Waals surface area contributed by atoms with Crippen LogP contribution in [-0.4, -0.2) is 34.3 Å². The van der Waals surface area contributed by atoms with Gasteiger partial charge in [-0.1, -0.05) is 43.8 Å². The lowest BCUT2D eigenvalue weighted by molar-refractivity contribution is -0.164. The zero-order valence-corrected chi connectivity index (χ0v) is 12.4. The largest absolute Gasteiger partial charge is 0.481 e. The molecule has 20 heavy (non-hydrogen) atoms. The van der Waals surface area contributed by atoms with Gasteiger partial charge in [0.15, 0.2) is 0 Å². The van der Waals surface area contributed by atoms with E-state index in [0.717, 1.165) is 4.90 Å². The molecule has 1 aliphatic heterocycles. The summed E-state index contributed by atoms with van der Waals surface area (Å²) < 4.78 is 5.89. The van der Waals surface area contributed by atoms with Crippen molar-refractivity contribution >= 4 is 17.7 Å². The Morgan fingerprint density at radius 1 is 1.25 bits per heavy atom. The van der Waals surface area contributed by atoms with Crippen LogP contribution < -0.4 is 0 Å². The molecule has 1 aliphatic rings. The van der Waals surface area contributed by atoms with Gasteiger partial charge in [-0.25, -0.2) is 0 Å². The van der Waals surface area contributed by atoms with Crippen LogP contribution in [0.2, 0.25) is 0 Å². The summed E-state index contributed by atoms with van der Waals surface area (Å²) in [5.74, 6) is -1.62. The number of benzene rings is 1. The van der Waals surface area contributed by atoms with Crippen LogP contribution in [0, 0.1) is 17.8 Å². The van der Waals surface area contributed by atoms with Crippen LogP contribution in [0.5, 0.6) is 0 Å². The number of carboxylic acid groups (broad SMARTS) is 1. The number of aliphatic carboxylic acids is 1. The van der Waals surface area contributed by atoms with E-state index in [1.54, 1.807) is 0 Å². The molecule has 0 bridgehead atoms. The van der Waals surface area contributed by atoms with Gasteiger partial charge in [0.1, 0.15) is 5.44 Å². The molecule has 110 valence electrons. The SMILES string of the molecule is CC1C(CO)OC(Sc2ccccc2)C(C)C1C(=O)O. The van der Waals surface area contributed by atoms with Gasteiger partial charge in [0, 0.05) is 10.8 Å². The third-order valence-corrected chi connectivity index (χ3v) is 5.24. The first-order valence-corrected chi connectivity index (χ1v) is 7.63. The number of rotatable bonds is 4. The highest BCUT2D eigenvalue weighted by molar-refractivity contribution is 7.99. The van der Waals surface area contributed by atoms with E-state index < -0.39 is 18.0 Å². The maximum atomic E-state index is 11.5. The molecule has 1 aromatic rings. The molecule has 5 unspecified atom stereocenters. The first-order valence-electron chi connectivity index (χ1n) is 6.75. The van der Waals surface area contributed by atoms with Crippen molar-refractivity contribution in [3.63, 3.8) is 0 Å². The number of hydrogen-bond acceptors (Lipinski definition) is 4. The molecule has 0 aliphatic carbocycles. The summed E-state index contributed by atoms with van der Waals surface area (Å²) in [5, 5.41) is 18.8. The Hall–Kier alpha value is -1.04. The third kappa shape index (κ3) is 3.16. The third-order valence-electron chi connectivity index (χ3n) is 3.92. The van der Waals surface area contributed by atoms with Gasteiger partial charge in [0.2, 0.25) is 0 Å². The van der Waals surface area contributed by atoms with Crippen molar-refractivity contribution in [2.45, 2.75) is 30.3 Å². The van der Waals surface area contributed by atoms with Crippen LogP contribution in [0.15, 0.2) is 35.2 Å². The fraction of sp³-hybridized carbons (Fsp3) is 0.533. The van der Waals surface area contributed by atoms with Crippen LogP contribution >= 0.6 is 11.8 Å². The van der Waals surface area contributed by atoms with Gasteiger partial charge in [-0.3, -0.25) is 4.79 Å². The number of carbonyl (C=O) groups is 1. The molecular formula is C15H20O4S. The van der Waals surface area contributed by atoms with E-state index in [9.17, 15) is 15.0 Å². The maximum Gasteiger partial charge on any atom is 0.307 e. The first kappa shape index (κ1) is 15.4. The molecule has 0 saturated carbocycles. The van der Waals surface area contributed by atoms with Gasteiger partial charge in [0.25, 0.3) is 0 Å². The second kappa shape index (κ2) is 6.61. The highest BCUT2D eigenvalue weighted by atomic mass is 32.2. The van der Waals surface area contributed by atoms with Crippen molar-refractivity contribution in [2.75, 3.05) is 6.61 Å². The second-order valence-corrected chi connectivity index (χ2v) is 6.41. The molecule has 0 radical (unpaired) electrons. The predicted molar refractivity (Wildman–Crippen MR) is 77.5 cm³/mol. The Morgan fingerprint density at radius 3 is 2.45 bits per heavy atom. The van der Waals surface area contributed by atoms with Crippen LogP contribution in [0.25, 0.3) is 0 Å². The quantitative estimate of drug-likeness (QED) is 0.893. The molecule has 1 fully saturated rings. The molecule has 0 aromatic heterocycles. The Bertz CT molecular complexity index is 450. The van der Waals surface area contributed by atoms with Crippen LogP contribution in [0.3, 0.4) is 0 Å². The summed E-state index contributed by atoms with van der Waals surface area (Å²) in [5.41, 5.74) is -0.258. The highest BCUT2D eigenvalue weighted by Gasteiger charge is 2.45. The van der Waals surface area contributed by atoms with E-state index in [1.807, 2.05) is 44.2 Å². The minimum Gasteiger partial charge on any atom is -0.481 e. The average molecular weight is 296 g/mol. The second-order valence-electron chi connectivity index (χ2n) is 5.24. The predicted octanol–water partition coefficient (Wildman–Crippen LogP) is 2.47. The molecular weight excluding hydrogens is 276 g/mol. The van der Waals surface area contributed by atoms with Gasteiger partial charge in [-0.2, -0.15) is 0 Å². The zero-order chi connectivity index (χ0) is 14.7. The molecule has 0 spiro atoms. The Kier molecular flexibility index (Phi) is 5.07. The first-order chi connectivity index (χ1) is 9.54. The smallest absolute Gasteiger partial charge is 0.307 e. The summed E-state index contributed by atoms with van der Waals surface area (Å²) in [4.78, 5) is 12.5. The van der Waals surface area contributed by atoms with Crippen molar-refractivity contribution in [1.29, 1.82) is 0 Å². The van der Waals surface area contributed by atoms with Crippen molar-refractivity contribution in [3.05, 3.63) is 30.3 Å².